The first-order valence-corrected chi connectivity index (χ1v) is 12.3. The molecule has 188 valence electrons. The zero-order chi connectivity index (χ0) is 26.4. The molecule has 0 fully saturated rings. The van der Waals surface area contributed by atoms with Crippen molar-refractivity contribution in [3.8, 4) is 51.5 Å². The number of pyridine rings is 2. The second-order valence-corrected chi connectivity index (χ2v) is 9.30. The third-order valence-electron chi connectivity index (χ3n) is 6.27. The van der Waals surface area contributed by atoms with Crippen LogP contribution in [0.3, 0.4) is 0 Å². The van der Waals surface area contributed by atoms with Crippen LogP contribution >= 0.6 is 0 Å². The molecule has 0 spiro atoms. The number of hydrogen-bond acceptors (Lipinski definition) is 6. The van der Waals surface area contributed by atoms with E-state index in [2.05, 4.69) is 15.2 Å². The van der Waals surface area contributed by atoms with E-state index >= 15 is 0 Å². The summed E-state index contributed by atoms with van der Waals surface area (Å²) in [6.07, 6.45) is 0. The van der Waals surface area contributed by atoms with Gasteiger partial charge in [-0.05, 0) is 88.4 Å². The third-order valence-corrected chi connectivity index (χ3v) is 6.27. The van der Waals surface area contributed by atoms with Crippen LogP contribution in [0.1, 0.15) is 22.8 Å². The standard InChI is InChI=1S/C29H26N8O/c1-17-15-19(3)36(34-17)25-9-5-7-23(30-25)27-28(33-29(32-27)21-11-13-22(38)14-12-21)24-8-6-10-26(31-24)37-20(4)16-18(2)35-37/h5-16,38H,1-4H3,(H,32,33). The maximum atomic E-state index is 9.78. The van der Waals surface area contributed by atoms with Crippen molar-refractivity contribution in [3.05, 3.63) is 95.6 Å². The smallest absolute Gasteiger partial charge is 0.154 e. The van der Waals surface area contributed by atoms with E-state index in [9.17, 15) is 5.11 Å². The molecule has 0 atom stereocenters. The summed E-state index contributed by atoms with van der Waals surface area (Å²) in [7, 11) is 0. The number of nitrogens with one attached hydrogen (secondary N) is 1. The van der Waals surface area contributed by atoms with E-state index < -0.39 is 0 Å². The van der Waals surface area contributed by atoms with Crippen molar-refractivity contribution < 1.29 is 5.11 Å². The zero-order valence-corrected chi connectivity index (χ0v) is 21.5. The lowest BCUT2D eigenvalue weighted by molar-refractivity contribution is 0.475. The van der Waals surface area contributed by atoms with Crippen molar-refractivity contribution in [2.75, 3.05) is 0 Å². The van der Waals surface area contributed by atoms with Crippen molar-refractivity contribution >= 4 is 0 Å². The minimum absolute atomic E-state index is 0.194. The summed E-state index contributed by atoms with van der Waals surface area (Å²) < 4.78 is 3.66. The molecule has 0 aliphatic rings. The molecular weight excluding hydrogens is 476 g/mol. The van der Waals surface area contributed by atoms with Crippen LogP contribution < -0.4 is 0 Å². The van der Waals surface area contributed by atoms with Crippen molar-refractivity contribution in [1.29, 1.82) is 0 Å². The van der Waals surface area contributed by atoms with Gasteiger partial charge in [-0.25, -0.2) is 24.3 Å². The first-order chi connectivity index (χ1) is 18.4. The highest BCUT2D eigenvalue weighted by molar-refractivity contribution is 5.78. The Kier molecular flexibility index (Phi) is 5.60. The van der Waals surface area contributed by atoms with Gasteiger partial charge in [-0.2, -0.15) is 10.2 Å². The van der Waals surface area contributed by atoms with Crippen LogP contribution in [-0.2, 0) is 0 Å². The molecule has 0 radical (unpaired) electrons. The van der Waals surface area contributed by atoms with Gasteiger partial charge in [-0.3, -0.25) is 0 Å². The van der Waals surface area contributed by atoms with Gasteiger partial charge in [0.15, 0.2) is 11.6 Å². The van der Waals surface area contributed by atoms with Gasteiger partial charge < -0.3 is 10.1 Å². The van der Waals surface area contributed by atoms with E-state index in [1.807, 2.05) is 97.7 Å². The maximum Gasteiger partial charge on any atom is 0.154 e. The van der Waals surface area contributed by atoms with Crippen LogP contribution in [0.2, 0.25) is 0 Å². The topological polar surface area (TPSA) is 110 Å². The Morgan fingerprint density at radius 1 is 0.658 bits per heavy atom. The number of phenolic OH excluding ortho intramolecular Hbond substituents is 1. The van der Waals surface area contributed by atoms with E-state index in [0.717, 1.165) is 34.0 Å². The summed E-state index contributed by atoms with van der Waals surface area (Å²) in [6.45, 7) is 7.94. The number of aryl methyl sites for hydroxylation is 4. The molecule has 9 heteroatoms. The summed E-state index contributed by atoms with van der Waals surface area (Å²) in [5.41, 5.74) is 7.47. The fraction of sp³-hybridized carbons (Fsp3) is 0.138. The fourth-order valence-electron chi connectivity index (χ4n) is 4.58. The molecule has 0 bridgehead atoms. The van der Waals surface area contributed by atoms with Gasteiger partial charge in [0.25, 0.3) is 0 Å². The summed E-state index contributed by atoms with van der Waals surface area (Å²) in [6, 6.07) is 22.6. The molecule has 0 aliphatic carbocycles. The molecular formula is C29H26N8O. The first-order valence-electron chi connectivity index (χ1n) is 12.3. The van der Waals surface area contributed by atoms with Crippen molar-refractivity contribution in [1.82, 2.24) is 39.5 Å². The lowest BCUT2D eigenvalue weighted by atomic mass is 10.1. The summed E-state index contributed by atoms with van der Waals surface area (Å²) >= 11 is 0. The monoisotopic (exact) mass is 502 g/mol. The normalized spacial score (nSPS) is 11.3. The maximum absolute atomic E-state index is 9.78. The largest absolute Gasteiger partial charge is 0.508 e. The average molecular weight is 503 g/mol. The molecule has 1 aromatic carbocycles. The highest BCUT2D eigenvalue weighted by Gasteiger charge is 2.19. The molecule has 6 rings (SSSR count). The second-order valence-electron chi connectivity index (χ2n) is 9.30. The second kappa shape index (κ2) is 9.11. The van der Waals surface area contributed by atoms with Gasteiger partial charge in [0.2, 0.25) is 0 Å². The van der Waals surface area contributed by atoms with E-state index in [4.69, 9.17) is 15.0 Å². The minimum atomic E-state index is 0.194. The van der Waals surface area contributed by atoms with E-state index in [-0.39, 0.29) is 5.75 Å². The van der Waals surface area contributed by atoms with Gasteiger partial charge in [-0.1, -0.05) is 12.1 Å². The van der Waals surface area contributed by atoms with Crippen LogP contribution in [0.4, 0.5) is 0 Å². The van der Waals surface area contributed by atoms with Gasteiger partial charge in [0.1, 0.15) is 17.3 Å². The van der Waals surface area contributed by atoms with Gasteiger partial charge in [-0.15, -0.1) is 0 Å². The molecule has 2 N–H and O–H groups in total. The van der Waals surface area contributed by atoms with E-state index in [1.54, 1.807) is 12.1 Å². The van der Waals surface area contributed by atoms with Crippen molar-refractivity contribution in [3.63, 3.8) is 0 Å². The number of hydrogen-bond donors (Lipinski definition) is 2. The number of nitrogens with zero attached hydrogens (tertiary/aromatic N) is 7. The zero-order valence-electron chi connectivity index (χ0n) is 21.5. The quantitative estimate of drug-likeness (QED) is 0.322. The molecule has 5 heterocycles. The summed E-state index contributed by atoms with van der Waals surface area (Å²) in [4.78, 5) is 18.3. The van der Waals surface area contributed by atoms with Crippen LogP contribution in [0.5, 0.6) is 5.75 Å². The Hall–Kier alpha value is -5.05. The fourth-order valence-corrected chi connectivity index (χ4v) is 4.58. The number of phenols is 1. The number of aromatic amines is 1. The third kappa shape index (κ3) is 4.24. The molecule has 38 heavy (non-hydrogen) atoms. The number of rotatable bonds is 5. The predicted molar refractivity (Wildman–Crippen MR) is 145 cm³/mol. The molecule has 9 nitrogen and oxygen atoms in total. The lowest BCUT2D eigenvalue weighted by Crippen LogP contribution is -2.04. The lowest BCUT2D eigenvalue weighted by Gasteiger charge is -2.08. The van der Waals surface area contributed by atoms with Gasteiger partial charge in [0, 0.05) is 17.0 Å². The Balaban J connectivity index is 1.52. The Bertz CT molecular complexity index is 1670. The first kappa shape index (κ1) is 23.4. The highest BCUT2D eigenvalue weighted by atomic mass is 16.3. The van der Waals surface area contributed by atoms with E-state index in [0.29, 0.717) is 34.5 Å². The Labute approximate surface area is 219 Å². The molecule has 6 aromatic rings. The van der Waals surface area contributed by atoms with Crippen LogP contribution in [0.25, 0.3) is 45.8 Å². The average Bonchev–Trinajstić information content (AvgIpc) is 3.60. The molecule has 0 unspecified atom stereocenters. The Morgan fingerprint density at radius 2 is 1.21 bits per heavy atom. The Morgan fingerprint density at radius 3 is 1.76 bits per heavy atom. The van der Waals surface area contributed by atoms with Gasteiger partial charge >= 0.3 is 0 Å². The van der Waals surface area contributed by atoms with Crippen LogP contribution in [-0.4, -0.2) is 44.6 Å². The molecule has 0 saturated carbocycles. The minimum Gasteiger partial charge on any atom is -0.508 e. The number of imidazole rings is 1. The molecule has 0 saturated heterocycles. The summed E-state index contributed by atoms with van der Waals surface area (Å²) in [5, 5.41) is 19.0. The number of H-pyrrole nitrogens is 1. The van der Waals surface area contributed by atoms with E-state index in [1.165, 1.54) is 0 Å². The number of benzene rings is 1. The van der Waals surface area contributed by atoms with Crippen molar-refractivity contribution in [2.45, 2.75) is 27.7 Å². The summed E-state index contributed by atoms with van der Waals surface area (Å²) in [5.74, 6) is 2.26. The molecule has 0 aliphatic heterocycles. The van der Waals surface area contributed by atoms with Crippen LogP contribution in [0, 0.1) is 27.7 Å². The van der Waals surface area contributed by atoms with Crippen molar-refractivity contribution in [2.24, 2.45) is 0 Å². The SMILES string of the molecule is Cc1cc(C)n(-c2cccc(-c3nc(-c4ccc(O)cc4)[nH]c3-c3cccc(-n4nc(C)cc4C)n3)n2)n1. The molecule has 0 amide bonds. The van der Waals surface area contributed by atoms with Gasteiger partial charge in [0.05, 0.1) is 28.5 Å². The highest BCUT2D eigenvalue weighted by Crippen LogP contribution is 2.32. The molecule has 5 aromatic heterocycles. The van der Waals surface area contributed by atoms with Crippen LogP contribution in [0.15, 0.2) is 72.8 Å². The number of aromatic nitrogens is 8. The predicted octanol–water partition coefficient (Wildman–Crippen LogP) is 5.51. The number of aromatic hydroxyl groups is 1.